The van der Waals surface area contributed by atoms with Gasteiger partial charge in [0.15, 0.2) is 11.5 Å². The van der Waals surface area contributed by atoms with Gasteiger partial charge in [-0.2, -0.15) is 0 Å². The molecule has 0 spiro atoms. The summed E-state index contributed by atoms with van der Waals surface area (Å²) in [6.07, 6.45) is 2.55. The minimum atomic E-state index is -4.08. The molecule has 11 heteroatoms. The molecular weight excluding hydrogens is 325 g/mol. The molecule has 2 aromatic rings. The number of nitrogen functional groups attached to an aromatic ring is 1. The molecule has 4 unspecified atom stereocenters. The Morgan fingerprint density at radius 1 is 1.52 bits per heavy atom. The van der Waals surface area contributed by atoms with Gasteiger partial charge in [0.1, 0.15) is 18.1 Å². The van der Waals surface area contributed by atoms with Crippen LogP contribution in [0.5, 0.6) is 0 Å². The highest BCUT2D eigenvalue weighted by atomic mass is 31.2. The third-order valence-electron chi connectivity index (χ3n) is 3.78. The maximum atomic E-state index is 11.6. The molecule has 1 fully saturated rings. The normalized spacial score (nSPS) is 27.3. The lowest BCUT2D eigenvalue weighted by atomic mass is 10.1. The summed E-state index contributed by atoms with van der Waals surface area (Å²) in [6, 6.07) is 0. The minimum Gasteiger partial charge on any atom is -0.382 e. The molecule has 1 aliphatic heterocycles. The van der Waals surface area contributed by atoms with E-state index in [2.05, 4.69) is 19.5 Å². The molecule has 2 aromatic heterocycles. The van der Waals surface area contributed by atoms with Crippen LogP contribution in [-0.4, -0.2) is 43.7 Å². The standard InChI is InChI=1S/C12H18N5O5P/c1-3-7-8(22-23(18,19)20-2)4-9(21-7)17-6-16-10-11(13)14-5-15-12(10)17/h5-9H,3-4H2,1-2H3,(H,18,19)(H2,13,14,15). The molecule has 0 radical (unpaired) electrons. The lowest BCUT2D eigenvalue weighted by Gasteiger charge is -2.18. The summed E-state index contributed by atoms with van der Waals surface area (Å²) in [5.74, 6) is 0.283. The first kappa shape index (κ1) is 16.3. The highest BCUT2D eigenvalue weighted by Crippen LogP contribution is 2.48. The lowest BCUT2D eigenvalue weighted by molar-refractivity contribution is -0.0189. The highest BCUT2D eigenvalue weighted by Gasteiger charge is 2.40. The van der Waals surface area contributed by atoms with Gasteiger partial charge >= 0.3 is 7.82 Å². The van der Waals surface area contributed by atoms with E-state index >= 15 is 0 Å². The van der Waals surface area contributed by atoms with Crippen molar-refractivity contribution < 1.29 is 23.2 Å². The van der Waals surface area contributed by atoms with Crippen LogP contribution in [-0.2, 0) is 18.3 Å². The Balaban J connectivity index is 1.86. The SMILES string of the molecule is CCC1OC(n2cnc3c(N)ncnc32)CC1OP(=O)(O)OC. The zero-order chi connectivity index (χ0) is 16.6. The van der Waals surface area contributed by atoms with Crippen LogP contribution >= 0.6 is 7.82 Å². The smallest absolute Gasteiger partial charge is 0.382 e. The van der Waals surface area contributed by atoms with Gasteiger partial charge in [0.2, 0.25) is 0 Å². The summed E-state index contributed by atoms with van der Waals surface area (Å²) in [7, 11) is -2.96. The van der Waals surface area contributed by atoms with E-state index in [-0.39, 0.29) is 11.9 Å². The maximum Gasteiger partial charge on any atom is 0.472 e. The van der Waals surface area contributed by atoms with Crippen molar-refractivity contribution in [3.63, 3.8) is 0 Å². The van der Waals surface area contributed by atoms with Crippen LogP contribution in [0.1, 0.15) is 26.0 Å². The first-order valence-electron chi connectivity index (χ1n) is 7.10. The average molecular weight is 343 g/mol. The molecular formula is C12H18N5O5P. The van der Waals surface area contributed by atoms with Gasteiger partial charge in [-0.05, 0) is 6.42 Å². The number of phosphoric acid groups is 1. The van der Waals surface area contributed by atoms with Crippen molar-refractivity contribution >= 4 is 24.8 Å². The fourth-order valence-corrected chi connectivity index (χ4v) is 3.29. The molecule has 3 N–H and O–H groups in total. The largest absolute Gasteiger partial charge is 0.472 e. The first-order chi connectivity index (χ1) is 10.9. The third-order valence-corrected chi connectivity index (χ3v) is 4.78. The summed E-state index contributed by atoms with van der Waals surface area (Å²) < 4.78 is 29.0. The third kappa shape index (κ3) is 3.08. The second-order valence-electron chi connectivity index (χ2n) is 5.15. The molecule has 4 atom stereocenters. The summed E-state index contributed by atoms with van der Waals surface area (Å²) in [6.45, 7) is 1.91. The van der Waals surface area contributed by atoms with Crippen molar-refractivity contribution in [1.29, 1.82) is 0 Å². The Labute approximate surface area is 132 Å². The molecule has 1 saturated heterocycles. The number of ether oxygens (including phenoxy) is 1. The number of imidazole rings is 1. The molecule has 10 nitrogen and oxygen atoms in total. The molecule has 23 heavy (non-hydrogen) atoms. The monoisotopic (exact) mass is 343 g/mol. The van der Waals surface area contributed by atoms with Crippen LogP contribution in [0.25, 0.3) is 11.2 Å². The fraction of sp³-hybridized carbons (Fsp3) is 0.583. The van der Waals surface area contributed by atoms with Crippen LogP contribution in [0, 0.1) is 0 Å². The quantitative estimate of drug-likeness (QED) is 0.768. The van der Waals surface area contributed by atoms with Crippen molar-refractivity contribution in [2.45, 2.75) is 38.2 Å². The van der Waals surface area contributed by atoms with Gasteiger partial charge in [-0.3, -0.25) is 13.6 Å². The van der Waals surface area contributed by atoms with E-state index in [0.717, 1.165) is 7.11 Å². The van der Waals surface area contributed by atoms with E-state index in [1.54, 1.807) is 10.9 Å². The number of aromatic nitrogens is 4. The Bertz CT molecular complexity index is 753. The number of fused-ring (bicyclic) bond motifs is 1. The molecule has 1 aliphatic rings. The van der Waals surface area contributed by atoms with Crippen LogP contribution < -0.4 is 5.73 Å². The molecule has 0 aliphatic carbocycles. The zero-order valence-electron chi connectivity index (χ0n) is 12.7. The van der Waals surface area contributed by atoms with E-state index in [4.69, 9.17) is 15.0 Å². The summed E-state index contributed by atoms with van der Waals surface area (Å²) in [5.41, 5.74) is 6.79. The molecule has 3 heterocycles. The summed E-state index contributed by atoms with van der Waals surface area (Å²) in [5, 5.41) is 0. The van der Waals surface area contributed by atoms with Crippen molar-refractivity contribution in [3.8, 4) is 0 Å². The van der Waals surface area contributed by atoms with Crippen LogP contribution in [0.15, 0.2) is 12.7 Å². The number of nitrogens with zero attached hydrogens (tertiary/aromatic N) is 4. The number of rotatable bonds is 5. The van der Waals surface area contributed by atoms with E-state index in [1.165, 1.54) is 6.33 Å². The molecule has 0 bridgehead atoms. The average Bonchev–Trinajstić information content (AvgIpc) is 3.11. The van der Waals surface area contributed by atoms with Crippen molar-refractivity contribution in [2.24, 2.45) is 0 Å². The summed E-state index contributed by atoms with van der Waals surface area (Å²) in [4.78, 5) is 21.8. The van der Waals surface area contributed by atoms with E-state index in [1.807, 2.05) is 6.92 Å². The number of hydrogen-bond acceptors (Lipinski definition) is 8. The molecule has 3 rings (SSSR count). The van der Waals surface area contributed by atoms with Crippen LogP contribution in [0.2, 0.25) is 0 Å². The Morgan fingerprint density at radius 2 is 2.30 bits per heavy atom. The van der Waals surface area contributed by atoms with Gasteiger partial charge in [0.05, 0.1) is 18.5 Å². The summed E-state index contributed by atoms with van der Waals surface area (Å²) >= 11 is 0. The van der Waals surface area contributed by atoms with Crippen molar-refractivity contribution in [1.82, 2.24) is 19.5 Å². The fourth-order valence-electron chi connectivity index (χ4n) is 2.64. The highest BCUT2D eigenvalue weighted by molar-refractivity contribution is 7.47. The van der Waals surface area contributed by atoms with E-state index < -0.39 is 20.2 Å². The number of hydrogen-bond donors (Lipinski definition) is 2. The molecule has 0 aromatic carbocycles. The Hall–Kier alpha value is -1.58. The second kappa shape index (κ2) is 6.14. The number of nitrogens with two attached hydrogens (primary N) is 1. The van der Waals surface area contributed by atoms with Crippen molar-refractivity contribution in [2.75, 3.05) is 12.8 Å². The van der Waals surface area contributed by atoms with Crippen LogP contribution in [0.4, 0.5) is 5.82 Å². The minimum absolute atomic E-state index is 0.283. The predicted molar refractivity (Wildman–Crippen MR) is 80.3 cm³/mol. The van der Waals surface area contributed by atoms with Gasteiger partial charge < -0.3 is 15.4 Å². The second-order valence-corrected chi connectivity index (χ2v) is 6.66. The van der Waals surface area contributed by atoms with Crippen LogP contribution in [0.3, 0.4) is 0 Å². The predicted octanol–water partition coefficient (Wildman–Crippen LogP) is 1.24. The molecule has 126 valence electrons. The zero-order valence-corrected chi connectivity index (χ0v) is 13.6. The molecule has 0 amide bonds. The van der Waals surface area contributed by atoms with Gasteiger partial charge in [0.25, 0.3) is 0 Å². The maximum absolute atomic E-state index is 11.6. The van der Waals surface area contributed by atoms with Crippen molar-refractivity contribution in [3.05, 3.63) is 12.7 Å². The van der Waals surface area contributed by atoms with E-state index in [9.17, 15) is 9.46 Å². The Kier molecular flexibility index (Phi) is 4.35. The van der Waals surface area contributed by atoms with Gasteiger partial charge in [-0.15, -0.1) is 0 Å². The first-order valence-corrected chi connectivity index (χ1v) is 8.60. The van der Waals surface area contributed by atoms with Gasteiger partial charge in [-0.1, -0.05) is 6.92 Å². The topological polar surface area (TPSA) is 135 Å². The number of anilines is 1. The number of phosphoric ester groups is 1. The Morgan fingerprint density at radius 3 is 3.00 bits per heavy atom. The molecule has 0 saturated carbocycles. The van der Waals surface area contributed by atoms with Gasteiger partial charge in [-0.25, -0.2) is 19.5 Å². The van der Waals surface area contributed by atoms with E-state index in [0.29, 0.717) is 24.0 Å². The lowest BCUT2D eigenvalue weighted by Crippen LogP contribution is -2.22. The van der Waals surface area contributed by atoms with Gasteiger partial charge in [0, 0.05) is 13.5 Å².